The van der Waals surface area contributed by atoms with Gasteiger partial charge in [0.05, 0.1) is 18.7 Å². The quantitative estimate of drug-likeness (QED) is 0.0218. The fraction of sp³-hybridized carbons (Fsp3) is 0.425. The zero-order valence-electron chi connectivity index (χ0n) is 58.2. The lowest BCUT2D eigenvalue weighted by atomic mass is 9.86. The topological polar surface area (TPSA) is 228 Å². The van der Waals surface area contributed by atoms with Gasteiger partial charge in [0.2, 0.25) is 11.8 Å². The van der Waals surface area contributed by atoms with Crippen molar-refractivity contribution in [3.8, 4) is 0 Å². The largest absolute Gasteiger partial charge is 0.363 e. The summed E-state index contributed by atoms with van der Waals surface area (Å²) < 4.78 is 0. The number of imide groups is 1. The van der Waals surface area contributed by atoms with E-state index in [4.69, 9.17) is 10.6 Å². The molecular formula is C80H101N5O11. The molecule has 0 unspecified atom stereocenters. The fourth-order valence-corrected chi connectivity index (χ4v) is 11.0. The van der Waals surface area contributed by atoms with Crippen LogP contribution in [0, 0.1) is 39.5 Å². The minimum Gasteiger partial charge on any atom is -0.352 e. The first-order chi connectivity index (χ1) is 45.9. The third-order valence-corrected chi connectivity index (χ3v) is 17.1. The van der Waals surface area contributed by atoms with E-state index >= 15 is 0 Å². The summed E-state index contributed by atoms with van der Waals surface area (Å²) in [4.78, 5) is 131. The average Bonchev–Trinajstić information content (AvgIpc) is 1.37. The summed E-state index contributed by atoms with van der Waals surface area (Å²) >= 11 is 0. The summed E-state index contributed by atoms with van der Waals surface area (Å²) in [6.07, 6.45) is 9.06. The smallest absolute Gasteiger partial charge is 0.352 e. The van der Waals surface area contributed by atoms with Crippen LogP contribution in [0.4, 0.5) is 0 Å². The molecule has 6 aromatic rings. The Bertz CT molecular complexity index is 3390. The molecule has 7 rings (SSSR count). The first kappa shape index (κ1) is 77.7. The highest BCUT2D eigenvalue weighted by molar-refractivity contribution is 6.03. The molecule has 16 heteroatoms. The van der Waals surface area contributed by atoms with Crippen LogP contribution in [0.15, 0.2) is 146 Å². The number of nitrogens with two attached hydrogens (primary N) is 1. The summed E-state index contributed by atoms with van der Waals surface area (Å²) in [6.45, 7) is 20.7. The van der Waals surface area contributed by atoms with Crippen molar-refractivity contribution < 1.29 is 52.8 Å². The van der Waals surface area contributed by atoms with Gasteiger partial charge < -0.3 is 25.7 Å². The van der Waals surface area contributed by atoms with Crippen molar-refractivity contribution in [1.82, 2.24) is 20.2 Å². The van der Waals surface area contributed by atoms with Crippen molar-refractivity contribution in [2.24, 2.45) is 17.6 Å². The molecule has 0 aromatic heterocycles. The lowest BCUT2D eigenvalue weighted by Crippen LogP contribution is -2.40. The number of carbonyl (C=O) groups excluding carboxylic acids is 10. The maximum absolute atomic E-state index is 13.7. The van der Waals surface area contributed by atoms with E-state index in [0.29, 0.717) is 73.4 Å². The van der Waals surface area contributed by atoms with Crippen LogP contribution in [0.3, 0.4) is 0 Å². The van der Waals surface area contributed by atoms with E-state index < -0.39 is 17.8 Å². The van der Waals surface area contributed by atoms with Gasteiger partial charge in [-0.15, -0.1) is 5.06 Å². The van der Waals surface area contributed by atoms with Crippen LogP contribution in [-0.2, 0) is 59.3 Å². The Morgan fingerprint density at radius 2 is 0.771 bits per heavy atom. The number of nitrogens with one attached hydrogen (secondary N) is 1. The van der Waals surface area contributed by atoms with Crippen molar-refractivity contribution in [3.63, 3.8) is 0 Å². The van der Waals surface area contributed by atoms with Crippen molar-refractivity contribution in [2.45, 2.75) is 184 Å². The molecule has 0 aliphatic carbocycles. The predicted molar refractivity (Wildman–Crippen MR) is 377 cm³/mol. The molecule has 3 N–H and O–H groups in total. The molecule has 0 radical (unpaired) electrons. The molecule has 6 aromatic carbocycles. The van der Waals surface area contributed by atoms with Crippen LogP contribution in [-0.4, -0.2) is 112 Å². The van der Waals surface area contributed by atoms with Crippen molar-refractivity contribution in [2.75, 3.05) is 26.2 Å². The van der Waals surface area contributed by atoms with Crippen LogP contribution in [0.1, 0.15) is 205 Å². The molecule has 96 heavy (non-hydrogen) atoms. The van der Waals surface area contributed by atoms with Crippen LogP contribution in [0.2, 0.25) is 0 Å². The number of rotatable bonds is 34. The molecule has 1 saturated heterocycles. The molecule has 1 aliphatic rings. The third-order valence-electron chi connectivity index (χ3n) is 17.1. The molecule has 0 spiro atoms. The number of hydrogen-bond acceptors (Lipinski definition) is 12. The Morgan fingerprint density at radius 3 is 1.08 bits per heavy atom. The zero-order valence-corrected chi connectivity index (χ0v) is 58.2. The predicted octanol–water partition coefficient (Wildman–Crippen LogP) is 13.6. The van der Waals surface area contributed by atoms with Gasteiger partial charge in [-0.3, -0.25) is 43.2 Å². The number of nitrogens with zero attached hydrogens (tertiary/aromatic N) is 3. The lowest BCUT2D eigenvalue weighted by molar-refractivity contribution is -0.172. The molecule has 0 bridgehead atoms. The first-order valence-electron chi connectivity index (χ1n) is 34.1. The number of hydrogen-bond donors (Lipinski definition) is 2. The minimum absolute atomic E-state index is 0.0167. The number of hydroxylamine groups is 2. The zero-order chi connectivity index (χ0) is 70.3. The third kappa shape index (κ3) is 26.3. The number of amides is 5. The Labute approximate surface area is 569 Å². The van der Waals surface area contributed by atoms with E-state index in [1.807, 2.05) is 34.6 Å². The normalized spacial score (nSPS) is 11.8. The molecule has 1 fully saturated rings. The maximum Gasteiger partial charge on any atom is 0.363 e. The minimum atomic E-state index is -0.808. The van der Waals surface area contributed by atoms with Gasteiger partial charge in [-0.25, -0.2) is 4.79 Å². The van der Waals surface area contributed by atoms with E-state index in [1.165, 1.54) is 56.6 Å². The van der Waals surface area contributed by atoms with Gasteiger partial charge in [-0.2, -0.15) is 0 Å². The summed E-state index contributed by atoms with van der Waals surface area (Å²) in [5, 5.41) is 3.39. The van der Waals surface area contributed by atoms with Crippen LogP contribution in [0.25, 0.3) is 0 Å². The summed E-state index contributed by atoms with van der Waals surface area (Å²) in [7, 11) is 0. The van der Waals surface area contributed by atoms with Gasteiger partial charge in [0.1, 0.15) is 0 Å². The molecular weight excluding hydrogens is 1210 g/mol. The molecule has 1 heterocycles. The summed E-state index contributed by atoms with van der Waals surface area (Å²) in [6, 6.07) is 46.9. The second kappa shape index (κ2) is 40.4. The van der Waals surface area contributed by atoms with Gasteiger partial charge in [0.15, 0.2) is 23.1 Å². The molecule has 1 aliphatic heterocycles. The summed E-state index contributed by atoms with van der Waals surface area (Å²) in [5.74, 6) is -2.21. The number of ketones is 4. The van der Waals surface area contributed by atoms with Gasteiger partial charge >= 0.3 is 5.97 Å². The van der Waals surface area contributed by atoms with Crippen molar-refractivity contribution in [3.05, 3.63) is 212 Å². The molecule has 5 amide bonds. The van der Waals surface area contributed by atoms with E-state index in [1.54, 1.807) is 53.1 Å². The SMILES string of the molecule is CCC(=O)N(CC(=O)CCCN)C(C)C.CCC(=O)N(CC(=O)CCCNC(=O)c1ccc(C(=O)C(CCc2ccc(C)cc2)CCc2ccc(C)cc2)cc1)C(C)C.Cc1ccc(CCC(CCc2ccc(C)cc2)C(=O)c2ccc(C(=O)ON3C(=O)CCC3=O)cc2)cc1. The molecule has 512 valence electrons. The highest BCUT2D eigenvalue weighted by Gasteiger charge is 2.33. The lowest BCUT2D eigenvalue weighted by Gasteiger charge is -2.25. The van der Waals surface area contributed by atoms with Crippen LogP contribution in [0.5, 0.6) is 0 Å². The van der Waals surface area contributed by atoms with Crippen molar-refractivity contribution >= 4 is 58.6 Å². The second-order valence-electron chi connectivity index (χ2n) is 25.6. The Hall–Kier alpha value is -9.02. The van der Waals surface area contributed by atoms with E-state index in [9.17, 15) is 47.9 Å². The van der Waals surface area contributed by atoms with Gasteiger partial charge in [-0.05, 0) is 173 Å². The average molecular weight is 1310 g/mol. The van der Waals surface area contributed by atoms with Crippen LogP contribution < -0.4 is 11.1 Å². The maximum atomic E-state index is 13.7. The Morgan fingerprint density at radius 1 is 0.458 bits per heavy atom. The summed E-state index contributed by atoms with van der Waals surface area (Å²) in [5.41, 5.74) is 16.8. The number of aryl methyl sites for hydroxylation is 8. The van der Waals surface area contributed by atoms with E-state index in [2.05, 4.69) is 130 Å². The highest BCUT2D eigenvalue weighted by atomic mass is 16.7. The highest BCUT2D eigenvalue weighted by Crippen LogP contribution is 2.26. The molecule has 0 atom stereocenters. The van der Waals surface area contributed by atoms with Crippen molar-refractivity contribution in [1.29, 1.82) is 0 Å². The van der Waals surface area contributed by atoms with E-state index in [0.717, 1.165) is 51.4 Å². The second-order valence-corrected chi connectivity index (χ2v) is 25.6. The Balaban J connectivity index is 0.000000289. The van der Waals surface area contributed by atoms with Gasteiger partial charge in [0.25, 0.3) is 17.7 Å². The monoisotopic (exact) mass is 1310 g/mol. The fourth-order valence-electron chi connectivity index (χ4n) is 11.0. The molecule has 16 nitrogen and oxygen atoms in total. The van der Waals surface area contributed by atoms with Crippen LogP contribution >= 0.6 is 0 Å². The van der Waals surface area contributed by atoms with Gasteiger partial charge in [-0.1, -0.05) is 157 Å². The standard InChI is InChI=1S/C38H48N2O4.C31H31NO5.C11H22N2O2/c1-6-36(42)40(27(2)3)26-35(41)8-7-25-39-38(44)34-23-21-33(22-24-34)37(43)32(19-17-30-13-9-28(4)10-14-30)20-18-31-15-11-29(5)12-16-31;1-21-3-7-23(8-4-21)11-13-25(14-12-24-9-5-22(2)6-10-24)30(35)26-15-17-27(18-16-26)31(36)37-32-28(33)19-20-29(32)34;1-4-11(15)13(9(2)3)8-10(14)6-5-7-12/h9-16,21-24,27,32H,6-8,17-20,25-26H2,1-5H3,(H,39,44);3-10,15-18,25H,11-14,19-20H2,1-2H3;9H,4-8,12H2,1-3H3. The Kier molecular flexibility index (Phi) is 32.7. The number of carbonyl (C=O) groups is 10. The number of Topliss-reactive ketones (excluding diaryl/α,β-unsaturated/α-hetero) is 4. The molecule has 0 saturated carbocycles. The number of benzene rings is 6. The van der Waals surface area contributed by atoms with Gasteiger partial charge in [0, 0.05) is 85.7 Å². The first-order valence-corrected chi connectivity index (χ1v) is 34.1. The van der Waals surface area contributed by atoms with E-state index in [-0.39, 0.29) is 96.3 Å².